The summed E-state index contributed by atoms with van der Waals surface area (Å²) in [5.74, 6) is 1.07. The SMILES string of the molecule is Cc1ccc2c(sc3c2nc(C)n3C)c1-c1cccc[n+]1C. The molecule has 4 aromatic rings. The highest BCUT2D eigenvalue weighted by Crippen LogP contribution is 2.40. The monoisotopic (exact) mass is 308 g/mol. The predicted octanol–water partition coefficient (Wildman–Crippen LogP) is 3.90. The van der Waals surface area contributed by atoms with Crippen molar-refractivity contribution in [2.24, 2.45) is 14.1 Å². The highest BCUT2D eigenvalue weighted by molar-refractivity contribution is 7.26. The van der Waals surface area contributed by atoms with E-state index in [0.29, 0.717) is 0 Å². The lowest BCUT2D eigenvalue weighted by molar-refractivity contribution is -0.660. The number of aryl methyl sites for hydroxylation is 4. The summed E-state index contributed by atoms with van der Waals surface area (Å²) in [4.78, 5) is 6.00. The zero-order chi connectivity index (χ0) is 15.4. The Balaban J connectivity index is 2.16. The smallest absolute Gasteiger partial charge is 0.213 e. The largest absolute Gasteiger partial charge is 0.323 e. The minimum Gasteiger partial charge on any atom is -0.323 e. The molecule has 0 N–H and O–H groups in total. The van der Waals surface area contributed by atoms with Gasteiger partial charge in [0.15, 0.2) is 6.20 Å². The van der Waals surface area contributed by atoms with E-state index < -0.39 is 0 Å². The van der Waals surface area contributed by atoms with Gasteiger partial charge in [-0.15, -0.1) is 11.3 Å². The Morgan fingerprint density at radius 1 is 1.14 bits per heavy atom. The third-order valence-electron chi connectivity index (χ3n) is 4.40. The fourth-order valence-corrected chi connectivity index (χ4v) is 4.41. The molecule has 0 atom stereocenters. The molecule has 3 heterocycles. The number of benzene rings is 1. The fourth-order valence-electron chi connectivity index (χ4n) is 3.05. The van der Waals surface area contributed by atoms with E-state index in [4.69, 9.17) is 4.98 Å². The Morgan fingerprint density at radius 2 is 1.95 bits per heavy atom. The zero-order valence-corrected chi connectivity index (χ0v) is 14.0. The van der Waals surface area contributed by atoms with E-state index in [0.717, 1.165) is 11.3 Å². The highest BCUT2D eigenvalue weighted by atomic mass is 32.1. The normalized spacial score (nSPS) is 11.6. The van der Waals surface area contributed by atoms with E-state index in [1.54, 1.807) is 0 Å². The molecule has 22 heavy (non-hydrogen) atoms. The Morgan fingerprint density at radius 3 is 2.73 bits per heavy atom. The van der Waals surface area contributed by atoms with Gasteiger partial charge in [0, 0.05) is 24.6 Å². The summed E-state index contributed by atoms with van der Waals surface area (Å²) in [6, 6.07) is 10.8. The maximum atomic E-state index is 4.75. The van der Waals surface area contributed by atoms with Gasteiger partial charge < -0.3 is 4.57 Å². The van der Waals surface area contributed by atoms with Crippen molar-refractivity contribution in [1.29, 1.82) is 0 Å². The molecule has 110 valence electrons. The molecule has 0 radical (unpaired) electrons. The van der Waals surface area contributed by atoms with Crippen LogP contribution in [0.3, 0.4) is 0 Å². The van der Waals surface area contributed by atoms with Gasteiger partial charge in [-0.25, -0.2) is 9.55 Å². The Bertz CT molecular complexity index is 1020. The fraction of sp³-hybridized carbons (Fsp3) is 0.222. The van der Waals surface area contributed by atoms with E-state index in [1.807, 2.05) is 11.3 Å². The van der Waals surface area contributed by atoms with Gasteiger partial charge in [-0.2, -0.15) is 0 Å². The molecule has 3 nitrogen and oxygen atoms in total. The Hall–Kier alpha value is -2.20. The quantitative estimate of drug-likeness (QED) is 0.489. The topological polar surface area (TPSA) is 21.7 Å². The average molecular weight is 308 g/mol. The van der Waals surface area contributed by atoms with Crippen molar-refractivity contribution in [3.63, 3.8) is 0 Å². The van der Waals surface area contributed by atoms with Gasteiger partial charge in [0.25, 0.3) is 0 Å². The molecule has 0 aliphatic heterocycles. The van der Waals surface area contributed by atoms with Gasteiger partial charge in [-0.3, -0.25) is 0 Å². The van der Waals surface area contributed by atoms with Crippen molar-refractivity contribution < 1.29 is 4.57 Å². The van der Waals surface area contributed by atoms with Crippen LogP contribution in [0.4, 0.5) is 0 Å². The second-order valence-electron chi connectivity index (χ2n) is 5.80. The molecule has 0 aliphatic rings. The molecule has 0 saturated heterocycles. The summed E-state index contributed by atoms with van der Waals surface area (Å²) in [6.07, 6.45) is 2.10. The molecule has 0 fully saturated rings. The van der Waals surface area contributed by atoms with E-state index >= 15 is 0 Å². The lowest BCUT2D eigenvalue weighted by atomic mass is 10.0. The van der Waals surface area contributed by atoms with Gasteiger partial charge in [-0.1, -0.05) is 12.1 Å². The third kappa shape index (κ3) is 1.74. The van der Waals surface area contributed by atoms with Crippen LogP contribution in [0.5, 0.6) is 0 Å². The lowest BCUT2D eigenvalue weighted by Gasteiger charge is -2.05. The predicted molar refractivity (Wildman–Crippen MR) is 92.2 cm³/mol. The second kappa shape index (κ2) is 4.65. The summed E-state index contributed by atoms with van der Waals surface area (Å²) >= 11 is 1.84. The highest BCUT2D eigenvalue weighted by Gasteiger charge is 2.20. The number of nitrogens with zero attached hydrogens (tertiary/aromatic N) is 3. The number of fused-ring (bicyclic) bond motifs is 3. The molecule has 1 aromatic carbocycles. The number of pyridine rings is 1. The summed E-state index contributed by atoms with van der Waals surface area (Å²) in [7, 11) is 4.19. The Kier molecular flexibility index (Phi) is 2.84. The Labute approximate surface area is 133 Å². The zero-order valence-electron chi connectivity index (χ0n) is 13.2. The van der Waals surface area contributed by atoms with Crippen molar-refractivity contribution >= 4 is 31.8 Å². The van der Waals surface area contributed by atoms with Crippen LogP contribution < -0.4 is 4.57 Å². The van der Waals surface area contributed by atoms with Crippen LogP contribution in [-0.4, -0.2) is 9.55 Å². The molecule has 4 rings (SSSR count). The third-order valence-corrected chi connectivity index (χ3v) is 5.69. The van der Waals surface area contributed by atoms with Crippen molar-refractivity contribution in [2.75, 3.05) is 0 Å². The van der Waals surface area contributed by atoms with E-state index in [2.05, 4.69) is 73.6 Å². The minimum atomic E-state index is 1.07. The number of aromatic nitrogens is 3. The first-order valence-electron chi connectivity index (χ1n) is 7.38. The summed E-state index contributed by atoms with van der Waals surface area (Å²) in [5.41, 5.74) is 4.99. The molecular formula is C18H18N3S+. The number of imidazole rings is 1. The van der Waals surface area contributed by atoms with Crippen LogP contribution in [0.2, 0.25) is 0 Å². The number of rotatable bonds is 1. The van der Waals surface area contributed by atoms with Crippen molar-refractivity contribution in [2.45, 2.75) is 13.8 Å². The number of hydrogen-bond donors (Lipinski definition) is 0. The molecular weight excluding hydrogens is 290 g/mol. The average Bonchev–Trinajstić information content (AvgIpc) is 2.98. The molecule has 0 saturated carbocycles. The number of hydrogen-bond acceptors (Lipinski definition) is 2. The van der Waals surface area contributed by atoms with Crippen LogP contribution in [0, 0.1) is 13.8 Å². The second-order valence-corrected chi connectivity index (χ2v) is 6.80. The van der Waals surface area contributed by atoms with Crippen LogP contribution in [0.1, 0.15) is 11.4 Å². The summed E-state index contributed by atoms with van der Waals surface area (Å²) in [6.45, 7) is 4.25. The maximum Gasteiger partial charge on any atom is 0.213 e. The first kappa shape index (κ1) is 13.5. The van der Waals surface area contributed by atoms with Gasteiger partial charge in [0.05, 0.1) is 10.3 Å². The first-order chi connectivity index (χ1) is 10.6. The maximum absolute atomic E-state index is 4.75. The van der Waals surface area contributed by atoms with Crippen LogP contribution in [-0.2, 0) is 14.1 Å². The summed E-state index contributed by atoms with van der Waals surface area (Å²) in [5, 5.41) is 1.26. The molecule has 0 aliphatic carbocycles. The van der Waals surface area contributed by atoms with Gasteiger partial charge >= 0.3 is 0 Å². The van der Waals surface area contributed by atoms with Crippen molar-refractivity contribution in [1.82, 2.24) is 9.55 Å². The summed E-state index contributed by atoms with van der Waals surface area (Å²) < 4.78 is 5.70. The first-order valence-corrected chi connectivity index (χ1v) is 8.19. The van der Waals surface area contributed by atoms with Crippen LogP contribution in [0.15, 0.2) is 36.5 Å². The van der Waals surface area contributed by atoms with Crippen LogP contribution in [0.25, 0.3) is 31.7 Å². The minimum absolute atomic E-state index is 1.07. The molecule has 0 spiro atoms. The van der Waals surface area contributed by atoms with Crippen molar-refractivity contribution in [3.8, 4) is 11.3 Å². The molecule has 4 heteroatoms. The van der Waals surface area contributed by atoms with Crippen LogP contribution >= 0.6 is 11.3 Å². The molecule has 0 amide bonds. The number of thiophene rings is 1. The van der Waals surface area contributed by atoms with Gasteiger partial charge in [0.1, 0.15) is 23.2 Å². The standard InChI is InChI=1S/C18H18N3S/c1-11-8-9-13-16-18(21(4)12(2)19-16)22-17(13)15(11)14-7-5-6-10-20(14)3/h5-10H,1-4H3/q+1. The van der Waals surface area contributed by atoms with E-state index in [1.165, 1.54) is 31.7 Å². The molecule has 0 unspecified atom stereocenters. The lowest BCUT2D eigenvalue weighted by Crippen LogP contribution is -2.30. The molecule has 0 bridgehead atoms. The van der Waals surface area contributed by atoms with E-state index in [-0.39, 0.29) is 0 Å². The van der Waals surface area contributed by atoms with Gasteiger partial charge in [-0.05, 0) is 25.5 Å². The van der Waals surface area contributed by atoms with Gasteiger partial charge in [0.2, 0.25) is 5.69 Å². The van der Waals surface area contributed by atoms with E-state index in [9.17, 15) is 0 Å². The molecule has 3 aromatic heterocycles. The van der Waals surface area contributed by atoms with Crippen molar-refractivity contribution in [3.05, 3.63) is 47.9 Å².